The van der Waals surface area contributed by atoms with E-state index < -0.39 is 0 Å². The second kappa shape index (κ2) is 7.07. The molecule has 0 spiro atoms. The third kappa shape index (κ3) is 2.91. The van der Waals surface area contributed by atoms with Gasteiger partial charge in [-0.3, -0.25) is 4.79 Å². The predicted molar refractivity (Wildman–Crippen MR) is 118 cm³/mol. The highest BCUT2D eigenvalue weighted by Crippen LogP contribution is 2.60. The maximum Gasteiger partial charge on any atom is 0.312 e. The van der Waals surface area contributed by atoms with E-state index in [-0.39, 0.29) is 11.4 Å². The molecule has 4 bridgehead atoms. The molecule has 4 aliphatic carbocycles. The van der Waals surface area contributed by atoms with Crippen molar-refractivity contribution in [3.8, 4) is 11.3 Å². The van der Waals surface area contributed by atoms with Crippen LogP contribution in [0.3, 0.4) is 0 Å². The zero-order valence-corrected chi connectivity index (χ0v) is 18.3. The van der Waals surface area contributed by atoms with Crippen molar-refractivity contribution < 1.29 is 9.53 Å². The molecule has 3 heterocycles. The highest BCUT2D eigenvalue weighted by atomic mass is 16.5. The number of aromatic nitrogens is 7. The van der Waals surface area contributed by atoms with Gasteiger partial charge in [0, 0.05) is 17.5 Å². The number of fused-ring (bicyclic) bond motifs is 3. The number of hydrogen-bond acceptors (Lipinski definition) is 7. The maximum atomic E-state index is 13.3. The van der Waals surface area contributed by atoms with Crippen LogP contribution in [0, 0.1) is 23.2 Å². The summed E-state index contributed by atoms with van der Waals surface area (Å²) in [6.45, 7) is 0.302. The van der Waals surface area contributed by atoms with Crippen LogP contribution in [0.5, 0.6) is 0 Å². The first-order valence-corrected chi connectivity index (χ1v) is 11.9. The number of rotatable bonds is 5. The van der Waals surface area contributed by atoms with Gasteiger partial charge in [0.25, 0.3) is 5.78 Å². The molecule has 0 N–H and O–H groups in total. The largest absolute Gasteiger partial charge is 0.465 e. The Bertz CT molecular complexity index is 1320. The lowest BCUT2D eigenvalue weighted by Crippen LogP contribution is -2.50. The Labute approximate surface area is 190 Å². The average molecular weight is 444 g/mol. The fourth-order valence-corrected chi connectivity index (χ4v) is 7.17. The first-order valence-electron chi connectivity index (χ1n) is 11.9. The van der Waals surface area contributed by atoms with Crippen molar-refractivity contribution in [1.82, 2.24) is 34.6 Å². The molecule has 3 aromatic heterocycles. The van der Waals surface area contributed by atoms with Crippen LogP contribution in [-0.4, -0.2) is 47.2 Å². The summed E-state index contributed by atoms with van der Waals surface area (Å²) in [4.78, 5) is 17.8. The van der Waals surface area contributed by atoms with Gasteiger partial charge in [-0.2, -0.15) is 14.1 Å². The first-order chi connectivity index (χ1) is 16.2. The van der Waals surface area contributed by atoms with Gasteiger partial charge in [0.2, 0.25) is 0 Å². The fraction of sp³-hybridized carbons (Fsp3) is 0.500. The lowest BCUT2D eigenvalue weighted by molar-refractivity contribution is -0.171. The van der Waals surface area contributed by atoms with Crippen LogP contribution >= 0.6 is 0 Å². The van der Waals surface area contributed by atoms with Crippen LogP contribution in [0.15, 0.2) is 36.7 Å². The molecule has 4 aromatic rings. The molecule has 4 saturated carbocycles. The summed E-state index contributed by atoms with van der Waals surface area (Å²) in [5.74, 6) is 2.64. The van der Waals surface area contributed by atoms with Crippen molar-refractivity contribution in [1.29, 1.82) is 0 Å². The Hall–Kier alpha value is -3.36. The average Bonchev–Trinajstić information content (AvgIpc) is 3.48. The molecule has 0 amide bonds. The van der Waals surface area contributed by atoms with Crippen molar-refractivity contribution in [3.63, 3.8) is 0 Å². The molecule has 8 rings (SSSR count). The zero-order valence-electron chi connectivity index (χ0n) is 18.3. The number of carbonyl (C=O) groups excluding carboxylic acids is 1. The summed E-state index contributed by atoms with van der Waals surface area (Å²) in [6.07, 6.45) is 8.98. The van der Waals surface area contributed by atoms with E-state index in [1.54, 1.807) is 9.03 Å². The number of nitrogens with zero attached hydrogens (tertiary/aromatic N) is 7. The van der Waals surface area contributed by atoms with E-state index in [2.05, 4.69) is 25.6 Å². The summed E-state index contributed by atoms with van der Waals surface area (Å²) in [5.41, 5.74) is 3.17. The lowest BCUT2D eigenvalue weighted by Gasteiger charge is -2.55. The molecular weight excluding hydrogens is 418 g/mol. The highest BCUT2D eigenvalue weighted by molar-refractivity contribution is 5.78. The topological polar surface area (TPSA) is 99.6 Å². The summed E-state index contributed by atoms with van der Waals surface area (Å²) >= 11 is 0. The van der Waals surface area contributed by atoms with E-state index in [1.165, 1.54) is 25.6 Å². The van der Waals surface area contributed by atoms with Gasteiger partial charge in [0.1, 0.15) is 6.33 Å². The smallest absolute Gasteiger partial charge is 0.312 e. The van der Waals surface area contributed by atoms with Gasteiger partial charge < -0.3 is 4.74 Å². The second-order valence-electron chi connectivity index (χ2n) is 10.2. The number of ether oxygens (including phenoxy) is 1. The van der Waals surface area contributed by atoms with Gasteiger partial charge in [-0.15, -0.1) is 0 Å². The van der Waals surface area contributed by atoms with E-state index in [4.69, 9.17) is 4.74 Å². The zero-order chi connectivity index (χ0) is 22.0. The SMILES string of the molecule is O=C(OCCc1c(-c2ccccc2)n2nnnc2n2ncnc12)C12CC3CC(CC(C3)C1)C2. The fourth-order valence-electron chi connectivity index (χ4n) is 7.17. The van der Waals surface area contributed by atoms with Crippen molar-refractivity contribution in [2.75, 3.05) is 6.61 Å². The monoisotopic (exact) mass is 443 g/mol. The summed E-state index contributed by atoms with van der Waals surface area (Å²) in [7, 11) is 0. The Morgan fingerprint density at radius 1 is 1.03 bits per heavy atom. The molecule has 0 aliphatic heterocycles. The molecule has 0 unspecified atom stereocenters. The van der Waals surface area contributed by atoms with Crippen molar-refractivity contribution in [2.24, 2.45) is 23.2 Å². The van der Waals surface area contributed by atoms with Crippen LogP contribution in [0.2, 0.25) is 0 Å². The molecule has 1 aromatic carbocycles. The van der Waals surface area contributed by atoms with Gasteiger partial charge in [0.15, 0.2) is 5.65 Å². The molecule has 33 heavy (non-hydrogen) atoms. The molecule has 9 heteroatoms. The third-order valence-electron chi connectivity index (χ3n) is 8.06. The van der Waals surface area contributed by atoms with Gasteiger partial charge >= 0.3 is 5.97 Å². The Morgan fingerprint density at radius 3 is 2.48 bits per heavy atom. The normalized spacial score (nSPS) is 28.1. The molecule has 4 fully saturated rings. The van der Waals surface area contributed by atoms with Crippen LogP contribution in [0.1, 0.15) is 44.1 Å². The minimum Gasteiger partial charge on any atom is -0.465 e. The van der Waals surface area contributed by atoms with E-state index in [1.807, 2.05) is 30.3 Å². The van der Waals surface area contributed by atoms with Gasteiger partial charge in [-0.05, 0) is 66.7 Å². The van der Waals surface area contributed by atoms with Crippen molar-refractivity contribution >= 4 is 17.4 Å². The van der Waals surface area contributed by atoms with Gasteiger partial charge in [0.05, 0.1) is 17.7 Å². The number of carbonyl (C=O) groups is 1. The highest BCUT2D eigenvalue weighted by Gasteiger charge is 2.55. The predicted octanol–water partition coefficient (Wildman–Crippen LogP) is 3.14. The number of hydrogen-bond donors (Lipinski definition) is 0. The van der Waals surface area contributed by atoms with E-state index in [9.17, 15) is 4.79 Å². The summed E-state index contributed by atoms with van der Waals surface area (Å²) < 4.78 is 9.31. The van der Waals surface area contributed by atoms with E-state index >= 15 is 0 Å². The van der Waals surface area contributed by atoms with Crippen LogP contribution in [0.25, 0.3) is 22.7 Å². The Balaban J connectivity index is 1.21. The molecule has 4 aliphatic rings. The third-order valence-corrected chi connectivity index (χ3v) is 8.06. The molecule has 9 nitrogen and oxygen atoms in total. The molecule has 168 valence electrons. The first kappa shape index (κ1) is 19.1. The minimum atomic E-state index is -0.249. The van der Waals surface area contributed by atoms with Crippen LogP contribution < -0.4 is 0 Å². The second-order valence-corrected chi connectivity index (χ2v) is 10.2. The van der Waals surface area contributed by atoms with Gasteiger partial charge in [-0.1, -0.05) is 35.4 Å². The molecule has 0 saturated heterocycles. The molecule has 0 atom stereocenters. The standard InChI is InChI=1S/C24H25N7O2/c32-22(24-11-15-8-16(12-24)10-17(9-15)13-24)33-7-6-19-20(18-4-2-1-3-5-18)30-23(27-28-29-30)31-21(19)25-14-26-31/h1-5,14-17H,6-13H2. The van der Waals surface area contributed by atoms with Gasteiger partial charge in [-0.25, -0.2) is 4.98 Å². The Morgan fingerprint density at radius 2 is 1.76 bits per heavy atom. The molecule has 0 radical (unpaired) electrons. The number of esters is 1. The minimum absolute atomic E-state index is 0.00356. The van der Waals surface area contributed by atoms with Crippen LogP contribution in [0.4, 0.5) is 0 Å². The quantitative estimate of drug-likeness (QED) is 0.437. The summed E-state index contributed by atoms with van der Waals surface area (Å²) in [5, 5.41) is 16.5. The molecular formula is C24H25N7O2. The maximum absolute atomic E-state index is 13.3. The van der Waals surface area contributed by atoms with Crippen molar-refractivity contribution in [2.45, 2.75) is 44.9 Å². The number of benzene rings is 1. The van der Waals surface area contributed by atoms with Crippen molar-refractivity contribution in [3.05, 3.63) is 42.2 Å². The lowest BCUT2D eigenvalue weighted by atomic mass is 9.49. The van der Waals surface area contributed by atoms with E-state index in [0.717, 1.165) is 36.1 Å². The Kier molecular flexibility index (Phi) is 4.10. The summed E-state index contributed by atoms with van der Waals surface area (Å²) in [6, 6.07) is 9.98. The van der Waals surface area contributed by atoms with E-state index in [0.29, 0.717) is 42.2 Å². The van der Waals surface area contributed by atoms with Crippen LogP contribution in [-0.2, 0) is 16.0 Å². The number of tetrazole rings is 1.